The summed E-state index contributed by atoms with van der Waals surface area (Å²) in [5, 5.41) is 0. The third kappa shape index (κ3) is 5.24. The zero-order valence-electron chi connectivity index (χ0n) is 14.8. The average molecular weight is 390 g/mol. The fourth-order valence-corrected chi connectivity index (χ4v) is 4.73. The molecule has 1 aromatic carbocycles. The molecular weight excluding hydrogens is 362 g/mol. The first-order valence-electron chi connectivity index (χ1n) is 8.38. The molecule has 9 heteroatoms. The summed E-state index contributed by atoms with van der Waals surface area (Å²) in [5.41, 5.74) is 5.96. The fraction of sp³-hybridized carbons (Fsp3) is 0.625. The van der Waals surface area contributed by atoms with Crippen molar-refractivity contribution in [1.82, 2.24) is 9.03 Å². The van der Waals surface area contributed by atoms with Gasteiger partial charge in [-0.15, -0.1) is 0 Å². The van der Waals surface area contributed by atoms with Crippen LogP contribution in [0.4, 0.5) is 0 Å². The highest BCUT2D eigenvalue weighted by atomic mass is 32.2. The summed E-state index contributed by atoms with van der Waals surface area (Å²) in [6.45, 7) is 4.30. The summed E-state index contributed by atoms with van der Waals surface area (Å²) in [7, 11) is -5.75. The molecule has 0 bridgehead atoms. The molecule has 1 saturated carbocycles. The molecule has 0 aliphatic heterocycles. The van der Waals surface area contributed by atoms with Crippen LogP contribution < -0.4 is 10.5 Å². The van der Waals surface area contributed by atoms with E-state index in [0.29, 0.717) is 13.0 Å². The summed E-state index contributed by atoms with van der Waals surface area (Å²) >= 11 is 0. The Morgan fingerprint density at radius 1 is 1.12 bits per heavy atom. The molecule has 1 fully saturated rings. The van der Waals surface area contributed by atoms with E-state index >= 15 is 0 Å². The van der Waals surface area contributed by atoms with Crippen LogP contribution >= 0.6 is 0 Å². The van der Waals surface area contributed by atoms with E-state index in [1.165, 1.54) is 35.6 Å². The van der Waals surface area contributed by atoms with Gasteiger partial charge < -0.3 is 5.73 Å². The molecule has 0 saturated heterocycles. The van der Waals surface area contributed by atoms with Crippen molar-refractivity contribution in [2.75, 3.05) is 13.6 Å². The Hall–Kier alpha value is -1.00. The Labute approximate surface area is 150 Å². The number of nitrogens with two attached hydrogens (primary N) is 1. The van der Waals surface area contributed by atoms with Gasteiger partial charge in [0.1, 0.15) is 0 Å². The highest BCUT2D eigenvalue weighted by Crippen LogP contribution is 2.23. The maximum Gasteiger partial charge on any atom is 0.242 e. The van der Waals surface area contributed by atoms with E-state index in [9.17, 15) is 16.8 Å². The third-order valence-corrected chi connectivity index (χ3v) is 7.78. The van der Waals surface area contributed by atoms with Crippen LogP contribution in [0, 0.1) is 5.92 Å². The molecule has 1 aliphatic carbocycles. The van der Waals surface area contributed by atoms with Crippen molar-refractivity contribution in [2.24, 2.45) is 11.7 Å². The molecule has 3 N–H and O–H groups in total. The van der Waals surface area contributed by atoms with Gasteiger partial charge in [0.2, 0.25) is 20.0 Å². The van der Waals surface area contributed by atoms with Gasteiger partial charge in [0, 0.05) is 25.7 Å². The molecule has 1 atom stereocenters. The predicted octanol–water partition coefficient (Wildman–Crippen LogP) is 1.12. The number of sulfonamides is 2. The minimum Gasteiger partial charge on any atom is -0.327 e. The lowest BCUT2D eigenvalue weighted by Crippen LogP contribution is -2.34. The van der Waals surface area contributed by atoms with Gasteiger partial charge in [0.05, 0.1) is 9.79 Å². The quantitative estimate of drug-likeness (QED) is 0.658. The van der Waals surface area contributed by atoms with Crippen LogP contribution in [0.3, 0.4) is 0 Å². The predicted molar refractivity (Wildman–Crippen MR) is 97.0 cm³/mol. The van der Waals surface area contributed by atoms with Gasteiger partial charge in [-0.05, 0) is 49.4 Å². The molecule has 142 valence electrons. The number of hydrogen-bond acceptors (Lipinski definition) is 5. The van der Waals surface area contributed by atoms with Gasteiger partial charge in [-0.1, -0.05) is 13.8 Å². The second-order valence-electron chi connectivity index (χ2n) is 6.89. The number of nitrogens with one attached hydrogen (secondary N) is 1. The number of nitrogens with zero attached hydrogens (tertiary/aromatic N) is 1. The SMILES string of the molecule is CC(C)C(N)CCN(C)S(=O)(=O)c1ccc(S(=O)(=O)NC2CC2)cc1. The van der Waals surface area contributed by atoms with E-state index in [4.69, 9.17) is 5.73 Å². The smallest absolute Gasteiger partial charge is 0.242 e. The molecule has 7 nitrogen and oxygen atoms in total. The van der Waals surface area contributed by atoms with Crippen molar-refractivity contribution >= 4 is 20.0 Å². The van der Waals surface area contributed by atoms with Crippen molar-refractivity contribution in [2.45, 2.75) is 55.0 Å². The monoisotopic (exact) mass is 389 g/mol. The highest BCUT2D eigenvalue weighted by molar-refractivity contribution is 7.89. The largest absolute Gasteiger partial charge is 0.327 e. The molecule has 0 amide bonds. The van der Waals surface area contributed by atoms with Crippen molar-refractivity contribution < 1.29 is 16.8 Å². The number of hydrogen-bond donors (Lipinski definition) is 2. The number of rotatable bonds is 9. The lowest BCUT2D eigenvalue weighted by Gasteiger charge is -2.21. The van der Waals surface area contributed by atoms with E-state index in [1.54, 1.807) is 0 Å². The van der Waals surface area contributed by atoms with E-state index in [1.807, 2.05) is 13.8 Å². The van der Waals surface area contributed by atoms with E-state index in [-0.39, 0.29) is 27.8 Å². The molecule has 0 aromatic heterocycles. The maximum absolute atomic E-state index is 12.6. The first-order valence-corrected chi connectivity index (χ1v) is 11.3. The molecule has 1 unspecified atom stereocenters. The van der Waals surface area contributed by atoms with E-state index in [0.717, 1.165) is 12.8 Å². The lowest BCUT2D eigenvalue weighted by molar-refractivity contribution is 0.397. The second-order valence-corrected chi connectivity index (χ2v) is 10.6. The fourth-order valence-electron chi connectivity index (χ4n) is 2.24. The zero-order valence-corrected chi connectivity index (χ0v) is 16.5. The van der Waals surface area contributed by atoms with Crippen LogP contribution in [0.1, 0.15) is 33.1 Å². The van der Waals surface area contributed by atoms with Crippen LogP contribution in [0.2, 0.25) is 0 Å². The summed E-state index contributed by atoms with van der Waals surface area (Å²) in [6, 6.07) is 5.24. The molecule has 1 aromatic rings. The van der Waals surface area contributed by atoms with Crippen LogP contribution in [-0.4, -0.2) is 46.8 Å². The first-order chi connectivity index (χ1) is 11.5. The molecule has 0 spiro atoms. The van der Waals surface area contributed by atoms with Crippen LogP contribution in [0.25, 0.3) is 0 Å². The summed E-state index contributed by atoms with van der Waals surface area (Å²) in [6.07, 6.45) is 2.25. The third-order valence-electron chi connectivity index (χ3n) is 4.38. The highest BCUT2D eigenvalue weighted by Gasteiger charge is 2.28. The average Bonchev–Trinajstić information content (AvgIpc) is 3.35. The Bertz CT molecular complexity index is 785. The van der Waals surface area contributed by atoms with Crippen molar-refractivity contribution in [3.05, 3.63) is 24.3 Å². The standard InChI is InChI=1S/C16H27N3O4S2/c1-12(2)16(17)10-11-19(3)25(22,23)15-8-6-14(7-9-15)24(20,21)18-13-4-5-13/h6-9,12-13,16,18H,4-5,10-11,17H2,1-3H3. The molecule has 0 radical (unpaired) electrons. The van der Waals surface area contributed by atoms with Gasteiger partial charge in [-0.3, -0.25) is 0 Å². The topological polar surface area (TPSA) is 110 Å². The molecular formula is C16H27N3O4S2. The normalized spacial score (nSPS) is 17.2. The summed E-state index contributed by atoms with van der Waals surface area (Å²) < 4.78 is 53.3. The van der Waals surface area contributed by atoms with E-state index < -0.39 is 20.0 Å². The minimum atomic E-state index is -3.67. The van der Waals surface area contributed by atoms with Crippen molar-refractivity contribution in [3.63, 3.8) is 0 Å². The van der Waals surface area contributed by atoms with E-state index in [2.05, 4.69) is 4.72 Å². The molecule has 0 heterocycles. The van der Waals surface area contributed by atoms with Gasteiger partial charge in [-0.2, -0.15) is 0 Å². The maximum atomic E-state index is 12.6. The Balaban J connectivity index is 2.08. The molecule has 1 aliphatic rings. The lowest BCUT2D eigenvalue weighted by atomic mass is 10.0. The minimum absolute atomic E-state index is 0.00436. The summed E-state index contributed by atoms with van der Waals surface area (Å²) in [5.74, 6) is 0.277. The van der Waals surface area contributed by atoms with Crippen LogP contribution in [0.15, 0.2) is 34.1 Å². The van der Waals surface area contributed by atoms with Crippen molar-refractivity contribution in [1.29, 1.82) is 0 Å². The van der Waals surface area contributed by atoms with Gasteiger partial charge >= 0.3 is 0 Å². The van der Waals surface area contributed by atoms with Gasteiger partial charge in [0.15, 0.2) is 0 Å². The molecule has 2 rings (SSSR count). The van der Waals surface area contributed by atoms with Gasteiger partial charge in [-0.25, -0.2) is 25.9 Å². The van der Waals surface area contributed by atoms with Crippen LogP contribution in [-0.2, 0) is 20.0 Å². The Morgan fingerprint density at radius 2 is 1.64 bits per heavy atom. The Morgan fingerprint density at radius 3 is 2.12 bits per heavy atom. The first kappa shape index (κ1) is 20.3. The molecule has 25 heavy (non-hydrogen) atoms. The summed E-state index contributed by atoms with van der Waals surface area (Å²) in [4.78, 5) is 0.140. The van der Waals surface area contributed by atoms with Gasteiger partial charge in [0.25, 0.3) is 0 Å². The Kier molecular flexibility index (Phi) is 6.26. The number of benzene rings is 1. The van der Waals surface area contributed by atoms with Crippen LogP contribution in [0.5, 0.6) is 0 Å². The van der Waals surface area contributed by atoms with Crippen molar-refractivity contribution in [3.8, 4) is 0 Å². The zero-order chi connectivity index (χ0) is 18.8. The second kappa shape index (κ2) is 7.71.